The van der Waals surface area contributed by atoms with Crippen LogP contribution in [-0.4, -0.2) is 25.3 Å². The molecule has 0 aromatic carbocycles. The first-order valence-corrected chi connectivity index (χ1v) is 10.3. The summed E-state index contributed by atoms with van der Waals surface area (Å²) in [5.74, 6) is 0.891. The molecule has 2 rings (SSSR count). The Morgan fingerprint density at radius 1 is 0.870 bits per heavy atom. The molecule has 0 spiro atoms. The van der Waals surface area contributed by atoms with Gasteiger partial charge in [-0.2, -0.15) is 0 Å². The van der Waals surface area contributed by atoms with Gasteiger partial charge in [-0.3, -0.25) is 0 Å². The largest absolute Gasteiger partial charge is 0.377 e. The zero-order valence-electron chi connectivity index (χ0n) is 16.6. The molecule has 2 heteroatoms. The molecule has 2 fully saturated rings. The van der Waals surface area contributed by atoms with Gasteiger partial charge in [0.25, 0.3) is 0 Å². The minimum atomic E-state index is 0.480. The van der Waals surface area contributed by atoms with Crippen molar-refractivity contribution in [3.05, 3.63) is 0 Å². The maximum atomic E-state index is 6.07. The molecule has 138 valence electrons. The van der Waals surface area contributed by atoms with Gasteiger partial charge in [0.1, 0.15) is 0 Å². The third kappa shape index (κ3) is 9.10. The molecule has 2 saturated carbocycles. The number of rotatable bonds is 5. The van der Waals surface area contributed by atoms with E-state index in [2.05, 4.69) is 39.9 Å². The Bertz CT molecular complexity index is 270. The molecule has 0 aromatic rings. The van der Waals surface area contributed by atoms with Crippen LogP contribution in [-0.2, 0) is 4.74 Å². The molecule has 0 amide bonds. The van der Waals surface area contributed by atoms with Crippen LogP contribution in [0, 0.1) is 11.3 Å². The summed E-state index contributed by atoms with van der Waals surface area (Å²) >= 11 is 0. The molecule has 0 unspecified atom stereocenters. The van der Waals surface area contributed by atoms with Crippen LogP contribution in [0.15, 0.2) is 0 Å². The van der Waals surface area contributed by atoms with Crippen molar-refractivity contribution < 1.29 is 4.74 Å². The molecule has 0 radical (unpaired) electrons. The molecule has 0 aromatic heterocycles. The van der Waals surface area contributed by atoms with E-state index in [0.29, 0.717) is 11.5 Å². The van der Waals surface area contributed by atoms with Crippen LogP contribution >= 0.6 is 0 Å². The van der Waals surface area contributed by atoms with Crippen molar-refractivity contribution in [3.63, 3.8) is 0 Å². The molecule has 2 aliphatic carbocycles. The standard InChI is InChI=1S/C18H35NO.C3H8/c1-18(2,3)15-9-11-17(12-10-15)20-14-13-19-16-7-5-4-6-8-16;1-3-2/h15-17,19H,4-14H2,1-3H3;3H2,1-2H3. The highest BCUT2D eigenvalue weighted by atomic mass is 16.5. The average Bonchev–Trinajstić information content (AvgIpc) is 2.53. The Morgan fingerprint density at radius 2 is 1.43 bits per heavy atom. The van der Waals surface area contributed by atoms with Gasteiger partial charge in [-0.05, 0) is 49.9 Å². The van der Waals surface area contributed by atoms with Gasteiger partial charge >= 0.3 is 0 Å². The van der Waals surface area contributed by atoms with E-state index < -0.39 is 0 Å². The zero-order valence-corrected chi connectivity index (χ0v) is 16.6. The SMILES string of the molecule is CC(C)(C)C1CCC(OCCNC2CCCCC2)CC1.CCC. The summed E-state index contributed by atoms with van der Waals surface area (Å²) in [6, 6.07) is 0.768. The third-order valence-corrected chi connectivity index (χ3v) is 5.39. The van der Waals surface area contributed by atoms with Gasteiger partial charge in [-0.15, -0.1) is 0 Å². The predicted molar refractivity (Wildman–Crippen MR) is 102 cm³/mol. The summed E-state index contributed by atoms with van der Waals surface area (Å²) in [6.45, 7) is 13.3. The van der Waals surface area contributed by atoms with Crippen molar-refractivity contribution in [1.29, 1.82) is 0 Å². The smallest absolute Gasteiger partial charge is 0.0594 e. The lowest BCUT2D eigenvalue weighted by atomic mass is 9.72. The lowest BCUT2D eigenvalue weighted by Gasteiger charge is -2.37. The van der Waals surface area contributed by atoms with Crippen molar-refractivity contribution in [2.24, 2.45) is 11.3 Å². The Morgan fingerprint density at radius 3 is 1.96 bits per heavy atom. The van der Waals surface area contributed by atoms with Crippen molar-refractivity contribution in [2.75, 3.05) is 13.2 Å². The Kier molecular flexibility index (Phi) is 10.5. The maximum Gasteiger partial charge on any atom is 0.0594 e. The first kappa shape index (κ1) is 21.0. The van der Waals surface area contributed by atoms with Crippen LogP contribution in [0.4, 0.5) is 0 Å². The molecule has 0 saturated heterocycles. The van der Waals surface area contributed by atoms with Crippen LogP contribution in [0.2, 0.25) is 0 Å². The minimum absolute atomic E-state index is 0.480. The molecule has 2 nitrogen and oxygen atoms in total. The van der Waals surface area contributed by atoms with E-state index in [9.17, 15) is 0 Å². The topological polar surface area (TPSA) is 21.3 Å². The normalized spacial score (nSPS) is 26.5. The Hall–Kier alpha value is -0.0800. The van der Waals surface area contributed by atoms with E-state index in [-0.39, 0.29) is 0 Å². The molecule has 0 atom stereocenters. The van der Waals surface area contributed by atoms with Gasteiger partial charge in [-0.1, -0.05) is 60.3 Å². The van der Waals surface area contributed by atoms with Gasteiger partial charge in [0.2, 0.25) is 0 Å². The van der Waals surface area contributed by atoms with Gasteiger partial charge in [0, 0.05) is 12.6 Å². The summed E-state index contributed by atoms with van der Waals surface area (Å²) in [7, 11) is 0. The van der Waals surface area contributed by atoms with Crippen molar-refractivity contribution in [1.82, 2.24) is 5.32 Å². The monoisotopic (exact) mass is 325 g/mol. The average molecular weight is 326 g/mol. The molecule has 0 bridgehead atoms. The summed E-state index contributed by atoms with van der Waals surface area (Å²) in [4.78, 5) is 0. The highest BCUT2D eigenvalue weighted by Crippen LogP contribution is 2.38. The van der Waals surface area contributed by atoms with Crippen LogP contribution < -0.4 is 5.32 Å². The van der Waals surface area contributed by atoms with Gasteiger partial charge in [0.05, 0.1) is 12.7 Å². The van der Waals surface area contributed by atoms with Crippen LogP contribution in [0.5, 0.6) is 0 Å². The molecule has 0 heterocycles. The second-order valence-corrected chi connectivity index (χ2v) is 8.71. The maximum absolute atomic E-state index is 6.07. The van der Waals surface area contributed by atoms with E-state index in [1.54, 1.807) is 0 Å². The Balaban J connectivity index is 0.000000816. The van der Waals surface area contributed by atoms with Crippen LogP contribution in [0.3, 0.4) is 0 Å². The summed E-state index contributed by atoms with van der Waals surface area (Å²) in [5.41, 5.74) is 0.480. The summed E-state index contributed by atoms with van der Waals surface area (Å²) < 4.78 is 6.07. The summed E-state index contributed by atoms with van der Waals surface area (Å²) in [6.07, 6.45) is 14.0. The van der Waals surface area contributed by atoms with Gasteiger partial charge in [-0.25, -0.2) is 0 Å². The quantitative estimate of drug-likeness (QED) is 0.631. The third-order valence-electron chi connectivity index (χ3n) is 5.39. The fraction of sp³-hybridized carbons (Fsp3) is 1.00. The van der Waals surface area contributed by atoms with E-state index in [4.69, 9.17) is 4.74 Å². The summed E-state index contributed by atoms with van der Waals surface area (Å²) in [5, 5.41) is 3.67. The van der Waals surface area contributed by atoms with Crippen molar-refractivity contribution >= 4 is 0 Å². The lowest BCUT2D eigenvalue weighted by Crippen LogP contribution is -2.35. The molecular weight excluding hydrogens is 282 g/mol. The number of hydrogen-bond acceptors (Lipinski definition) is 2. The van der Waals surface area contributed by atoms with Crippen molar-refractivity contribution in [3.8, 4) is 0 Å². The van der Waals surface area contributed by atoms with Crippen LogP contribution in [0.25, 0.3) is 0 Å². The van der Waals surface area contributed by atoms with E-state index in [1.807, 2.05) is 0 Å². The van der Waals surface area contributed by atoms with E-state index in [0.717, 1.165) is 25.1 Å². The van der Waals surface area contributed by atoms with Gasteiger partial charge < -0.3 is 10.1 Å². The number of hydrogen-bond donors (Lipinski definition) is 1. The van der Waals surface area contributed by atoms with Crippen molar-refractivity contribution in [2.45, 2.75) is 111 Å². The highest BCUT2D eigenvalue weighted by molar-refractivity contribution is 4.81. The molecular formula is C21H43NO. The number of nitrogens with one attached hydrogen (secondary N) is 1. The van der Waals surface area contributed by atoms with E-state index in [1.165, 1.54) is 64.2 Å². The molecule has 1 N–H and O–H groups in total. The molecule has 23 heavy (non-hydrogen) atoms. The molecule has 2 aliphatic rings. The lowest BCUT2D eigenvalue weighted by molar-refractivity contribution is 0.00441. The zero-order chi connectivity index (χ0) is 17.1. The van der Waals surface area contributed by atoms with Crippen LogP contribution in [0.1, 0.15) is 98.8 Å². The van der Waals surface area contributed by atoms with Gasteiger partial charge in [0.15, 0.2) is 0 Å². The minimum Gasteiger partial charge on any atom is -0.377 e. The van der Waals surface area contributed by atoms with E-state index >= 15 is 0 Å². The first-order chi connectivity index (χ1) is 11.0. The predicted octanol–water partition coefficient (Wildman–Crippen LogP) is 5.95. The fourth-order valence-corrected chi connectivity index (χ4v) is 3.89. The highest BCUT2D eigenvalue weighted by Gasteiger charge is 2.29. The Labute approximate surface area is 146 Å². The second kappa shape index (κ2) is 11.5. The fourth-order valence-electron chi connectivity index (χ4n) is 3.89. The molecule has 0 aliphatic heterocycles. The number of ether oxygens (including phenoxy) is 1. The first-order valence-electron chi connectivity index (χ1n) is 10.3. The second-order valence-electron chi connectivity index (χ2n) is 8.71.